The van der Waals surface area contributed by atoms with Gasteiger partial charge in [0.05, 0.1) is 17.6 Å². The van der Waals surface area contributed by atoms with E-state index in [0.29, 0.717) is 17.0 Å². The summed E-state index contributed by atoms with van der Waals surface area (Å²) in [4.78, 5) is 20.5. The molecule has 0 aliphatic carbocycles. The molecule has 8 heteroatoms. The minimum atomic E-state index is -2.89. The van der Waals surface area contributed by atoms with E-state index in [1.165, 1.54) is 11.1 Å². The van der Waals surface area contributed by atoms with Gasteiger partial charge in [0, 0.05) is 11.6 Å². The number of hydrogen-bond acceptors (Lipinski definition) is 4. The molecular weight excluding hydrogens is 270 g/mol. The summed E-state index contributed by atoms with van der Waals surface area (Å²) in [5, 5.41) is 3.45. The van der Waals surface area contributed by atoms with Gasteiger partial charge in [0.25, 0.3) is 0 Å². The molecule has 1 unspecified atom stereocenters. The molecule has 0 fully saturated rings. The number of halogens is 2. The largest absolute Gasteiger partial charge is 0.346 e. The van der Waals surface area contributed by atoms with Crippen LogP contribution >= 0.6 is 0 Å². The Morgan fingerprint density at radius 3 is 3.10 bits per heavy atom. The number of aromatic amines is 1. The number of carbonyl (C=O) groups excluding carboxylic acids is 1. The van der Waals surface area contributed by atoms with E-state index < -0.39 is 12.7 Å². The van der Waals surface area contributed by atoms with Gasteiger partial charge in [-0.3, -0.25) is 4.79 Å². The van der Waals surface area contributed by atoms with E-state index in [9.17, 15) is 13.6 Å². The normalized spacial score (nSPS) is 18.5. The highest BCUT2D eigenvalue weighted by atomic mass is 19.3. The summed E-state index contributed by atoms with van der Waals surface area (Å²) in [6, 6.07) is 1.17. The average molecular weight is 282 g/mol. The SMILES string of the molecule is CC1C(=O)Nc2cnc3[nH]ccc3c2N1COC(F)F. The van der Waals surface area contributed by atoms with E-state index in [2.05, 4.69) is 20.0 Å². The Morgan fingerprint density at radius 1 is 1.55 bits per heavy atom. The number of carbonyl (C=O) groups is 1. The number of anilines is 2. The van der Waals surface area contributed by atoms with Crippen molar-refractivity contribution in [2.24, 2.45) is 0 Å². The third kappa shape index (κ3) is 1.97. The van der Waals surface area contributed by atoms with Crippen molar-refractivity contribution in [1.82, 2.24) is 9.97 Å². The molecule has 0 radical (unpaired) electrons. The van der Waals surface area contributed by atoms with Crippen LogP contribution in [0.2, 0.25) is 0 Å². The molecule has 0 saturated heterocycles. The first-order chi connectivity index (χ1) is 9.58. The highest BCUT2D eigenvalue weighted by Gasteiger charge is 2.32. The van der Waals surface area contributed by atoms with Crippen molar-refractivity contribution in [2.75, 3.05) is 16.9 Å². The summed E-state index contributed by atoms with van der Waals surface area (Å²) in [5.74, 6) is -0.285. The van der Waals surface area contributed by atoms with Crippen LogP contribution in [0.15, 0.2) is 18.5 Å². The Bertz CT molecular complexity index is 658. The molecule has 1 amide bonds. The van der Waals surface area contributed by atoms with Crippen LogP contribution in [-0.2, 0) is 9.53 Å². The number of nitrogens with zero attached hydrogens (tertiary/aromatic N) is 2. The van der Waals surface area contributed by atoms with Crippen LogP contribution in [0.5, 0.6) is 0 Å². The number of amides is 1. The van der Waals surface area contributed by atoms with Crippen LogP contribution in [0.4, 0.5) is 20.2 Å². The van der Waals surface area contributed by atoms with Crippen LogP contribution in [0.3, 0.4) is 0 Å². The lowest BCUT2D eigenvalue weighted by Crippen LogP contribution is -2.47. The second-order valence-electron chi connectivity index (χ2n) is 4.45. The molecule has 20 heavy (non-hydrogen) atoms. The molecule has 0 aromatic carbocycles. The Hall–Kier alpha value is -2.22. The van der Waals surface area contributed by atoms with Gasteiger partial charge < -0.3 is 19.9 Å². The van der Waals surface area contributed by atoms with Crippen LogP contribution in [0.25, 0.3) is 11.0 Å². The third-order valence-electron chi connectivity index (χ3n) is 3.29. The van der Waals surface area contributed by atoms with Gasteiger partial charge in [0.15, 0.2) is 0 Å². The first-order valence-corrected chi connectivity index (χ1v) is 6.01. The van der Waals surface area contributed by atoms with E-state index in [4.69, 9.17) is 0 Å². The second-order valence-corrected chi connectivity index (χ2v) is 4.45. The van der Waals surface area contributed by atoms with Crippen LogP contribution < -0.4 is 10.2 Å². The van der Waals surface area contributed by atoms with Gasteiger partial charge in [-0.05, 0) is 13.0 Å². The summed E-state index contributed by atoms with van der Waals surface area (Å²) < 4.78 is 28.9. The molecule has 6 nitrogen and oxygen atoms in total. The molecule has 106 valence electrons. The molecule has 1 aliphatic rings. The first-order valence-electron chi connectivity index (χ1n) is 6.01. The summed E-state index contributed by atoms with van der Waals surface area (Å²) >= 11 is 0. The van der Waals surface area contributed by atoms with Crippen molar-refractivity contribution >= 4 is 28.3 Å². The second kappa shape index (κ2) is 4.71. The topological polar surface area (TPSA) is 70.2 Å². The Kier molecular flexibility index (Phi) is 3.01. The van der Waals surface area contributed by atoms with Gasteiger partial charge >= 0.3 is 6.61 Å². The third-order valence-corrected chi connectivity index (χ3v) is 3.29. The molecule has 1 aliphatic heterocycles. The molecule has 3 rings (SSSR count). The number of fused-ring (bicyclic) bond motifs is 3. The van der Waals surface area contributed by atoms with Crippen molar-refractivity contribution < 1.29 is 18.3 Å². The molecule has 2 N–H and O–H groups in total. The van der Waals surface area contributed by atoms with E-state index >= 15 is 0 Å². The van der Waals surface area contributed by atoms with E-state index in [0.717, 1.165) is 5.39 Å². The number of H-pyrrole nitrogens is 1. The molecule has 1 atom stereocenters. The first kappa shape index (κ1) is 12.8. The van der Waals surface area contributed by atoms with Gasteiger partial charge in [-0.1, -0.05) is 0 Å². The van der Waals surface area contributed by atoms with E-state index in [1.807, 2.05) is 0 Å². The zero-order chi connectivity index (χ0) is 14.3. The predicted octanol–water partition coefficient (Wildman–Crippen LogP) is 1.91. The summed E-state index contributed by atoms with van der Waals surface area (Å²) in [5.41, 5.74) is 1.73. The average Bonchev–Trinajstić information content (AvgIpc) is 2.87. The summed E-state index contributed by atoms with van der Waals surface area (Å²) in [6.45, 7) is -1.63. The fourth-order valence-corrected chi connectivity index (χ4v) is 2.28. The number of rotatable bonds is 3. The van der Waals surface area contributed by atoms with Gasteiger partial charge in [-0.15, -0.1) is 0 Å². The monoisotopic (exact) mass is 282 g/mol. The zero-order valence-corrected chi connectivity index (χ0v) is 10.6. The molecule has 2 aromatic heterocycles. The molecule has 0 bridgehead atoms. The zero-order valence-electron chi connectivity index (χ0n) is 10.6. The van der Waals surface area contributed by atoms with Gasteiger partial charge in [-0.2, -0.15) is 8.78 Å². The lowest BCUT2D eigenvalue weighted by atomic mass is 10.1. The number of hydrogen-bond donors (Lipinski definition) is 2. The Labute approximate surface area is 112 Å². The molecule has 0 spiro atoms. The van der Waals surface area contributed by atoms with Crippen molar-refractivity contribution in [1.29, 1.82) is 0 Å². The number of nitrogens with one attached hydrogen (secondary N) is 2. The lowest BCUT2D eigenvalue weighted by molar-refractivity contribution is -0.132. The fraction of sp³-hybridized carbons (Fsp3) is 0.333. The van der Waals surface area contributed by atoms with E-state index in [1.54, 1.807) is 19.2 Å². The number of aromatic nitrogens is 2. The maximum atomic E-state index is 12.3. The molecule has 2 aromatic rings. The fourth-order valence-electron chi connectivity index (χ4n) is 2.28. The van der Waals surface area contributed by atoms with Crippen molar-refractivity contribution in [2.45, 2.75) is 19.6 Å². The highest BCUT2D eigenvalue weighted by Crippen LogP contribution is 2.37. The van der Waals surface area contributed by atoms with Crippen LogP contribution in [0, 0.1) is 0 Å². The maximum Gasteiger partial charge on any atom is 0.346 e. The van der Waals surface area contributed by atoms with Gasteiger partial charge in [0.1, 0.15) is 18.4 Å². The molecule has 3 heterocycles. The molecule has 0 saturated carbocycles. The van der Waals surface area contributed by atoms with Crippen LogP contribution in [0.1, 0.15) is 6.92 Å². The Balaban J connectivity index is 2.09. The standard InChI is InChI=1S/C12H12F2N4O2/c1-6-11(19)17-8-4-16-10-7(2-3-15-10)9(8)18(6)5-20-12(13)14/h2-4,6,12H,5H2,1H3,(H,15,16)(H,17,19). The number of pyridine rings is 1. The van der Waals surface area contributed by atoms with E-state index in [-0.39, 0.29) is 12.6 Å². The molecular formula is C12H12F2N4O2. The minimum Gasteiger partial charge on any atom is -0.346 e. The Morgan fingerprint density at radius 2 is 2.35 bits per heavy atom. The minimum absolute atomic E-state index is 0.285. The van der Waals surface area contributed by atoms with Crippen LogP contribution in [-0.4, -0.2) is 35.3 Å². The van der Waals surface area contributed by atoms with Gasteiger partial charge in [-0.25, -0.2) is 4.98 Å². The van der Waals surface area contributed by atoms with Gasteiger partial charge in [0.2, 0.25) is 5.91 Å². The highest BCUT2D eigenvalue weighted by molar-refractivity contribution is 6.09. The predicted molar refractivity (Wildman–Crippen MR) is 68.6 cm³/mol. The van der Waals surface area contributed by atoms with Crippen molar-refractivity contribution in [3.05, 3.63) is 18.5 Å². The summed E-state index contributed by atoms with van der Waals surface area (Å²) in [6.07, 6.45) is 3.19. The van der Waals surface area contributed by atoms with Crippen molar-refractivity contribution in [3.63, 3.8) is 0 Å². The lowest BCUT2D eigenvalue weighted by Gasteiger charge is -2.35. The summed E-state index contributed by atoms with van der Waals surface area (Å²) in [7, 11) is 0. The quantitative estimate of drug-likeness (QED) is 0.902. The smallest absolute Gasteiger partial charge is 0.346 e. The maximum absolute atomic E-state index is 12.3. The van der Waals surface area contributed by atoms with Crippen molar-refractivity contribution in [3.8, 4) is 0 Å². The number of alkyl halides is 2. The number of ether oxygens (including phenoxy) is 1.